The van der Waals surface area contributed by atoms with E-state index in [0.717, 1.165) is 46.7 Å². The number of para-hydroxylation sites is 1. The highest BCUT2D eigenvalue weighted by Crippen LogP contribution is 2.30. The average molecular weight is 491 g/mol. The maximum absolute atomic E-state index is 12.9. The Morgan fingerprint density at radius 2 is 1.92 bits per heavy atom. The molecular formula is C28H30N2O6. The van der Waals surface area contributed by atoms with E-state index in [0.29, 0.717) is 16.9 Å². The van der Waals surface area contributed by atoms with Gasteiger partial charge < -0.3 is 24.6 Å². The molecule has 0 saturated carbocycles. The van der Waals surface area contributed by atoms with E-state index in [4.69, 9.17) is 9.15 Å². The van der Waals surface area contributed by atoms with Gasteiger partial charge in [0.25, 0.3) is 5.91 Å². The second kappa shape index (κ2) is 10.7. The average Bonchev–Trinajstić information content (AvgIpc) is 3.26. The van der Waals surface area contributed by atoms with Crippen molar-refractivity contribution in [3.8, 4) is 5.75 Å². The molecular weight excluding hydrogens is 460 g/mol. The first-order chi connectivity index (χ1) is 17.3. The molecule has 0 aliphatic heterocycles. The van der Waals surface area contributed by atoms with Crippen molar-refractivity contribution < 1.29 is 23.8 Å². The van der Waals surface area contributed by atoms with E-state index in [1.165, 1.54) is 6.07 Å². The van der Waals surface area contributed by atoms with Crippen LogP contribution in [0.3, 0.4) is 0 Å². The quantitative estimate of drug-likeness (QED) is 0.281. The Bertz CT molecular complexity index is 1470. The number of ether oxygens (including phenoxy) is 1. The number of rotatable bonds is 10. The van der Waals surface area contributed by atoms with E-state index in [9.17, 15) is 19.5 Å². The predicted octanol–water partition coefficient (Wildman–Crippen LogP) is 4.50. The molecule has 36 heavy (non-hydrogen) atoms. The summed E-state index contributed by atoms with van der Waals surface area (Å²) in [4.78, 5) is 40.0. The minimum atomic E-state index is -1.14. The van der Waals surface area contributed by atoms with Gasteiger partial charge in [-0.15, -0.1) is 0 Å². The fourth-order valence-electron chi connectivity index (χ4n) is 4.36. The van der Waals surface area contributed by atoms with Crippen molar-refractivity contribution in [2.45, 2.75) is 58.6 Å². The summed E-state index contributed by atoms with van der Waals surface area (Å²) in [6.07, 6.45) is 3.64. The zero-order chi connectivity index (χ0) is 25.8. The summed E-state index contributed by atoms with van der Waals surface area (Å²) < 4.78 is 11.4. The number of aromatic amines is 1. The minimum absolute atomic E-state index is 0.124. The topological polar surface area (TPSA) is 122 Å². The highest BCUT2D eigenvalue weighted by molar-refractivity contribution is 5.89. The molecule has 2 aromatic heterocycles. The second-order valence-corrected chi connectivity index (χ2v) is 8.98. The van der Waals surface area contributed by atoms with Gasteiger partial charge in [0.15, 0.2) is 6.10 Å². The third-order valence-corrected chi connectivity index (χ3v) is 6.38. The van der Waals surface area contributed by atoms with Gasteiger partial charge in [-0.3, -0.25) is 4.79 Å². The summed E-state index contributed by atoms with van der Waals surface area (Å²) in [6, 6.07) is 11.6. The van der Waals surface area contributed by atoms with Gasteiger partial charge in [-0.05, 0) is 56.0 Å². The van der Waals surface area contributed by atoms with Gasteiger partial charge in [0.05, 0.1) is 0 Å². The standard InChI is InChI=1S/C28H30N2O6/c1-4-5-8-18-14-25(31)36-26-16(2)24(12-11-21(18)26)35-17(3)27(32)30-23(28(33)34)13-19-15-29-22-10-7-6-9-20(19)22/h6-7,9-12,14-15,17,23,29H,4-5,8,13H2,1-3H3,(H,30,32)(H,33,34)/t17-,23-/m0/s1. The zero-order valence-electron chi connectivity index (χ0n) is 20.6. The molecule has 0 radical (unpaired) electrons. The molecule has 4 rings (SSSR count). The molecule has 0 saturated heterocycles. The monoisotopic (exact) mass is 490 g/mol. The maximum atomic E-state index is 12.9. The number of hydrogen-bond donors (Lipinski definition) is 3. The molecule has 0 unspecified atom stereocenters. The van der Waals surface area contributed by atoms with Gasteiger partial charge in [0.2, 0.25) is 0 Å². The number of hydrogen-bond acceptors (Lipinski definition) is 5. The van der Waals surface area contributed by atoms with Crippen LogP contribution in [-0.4, -0.2) is 34.1 Å². The first-order valence-electron chi connectivity index (χ1n) is 12.1. The summed E-state index contributed by atoms with van der Waals surface area (Å²) >= 11 is 0. The van der Waals surface area contributed by atoms with E-state index in [1.807, 2.05) is 30.3 Å². The Balaban J connectivity index is 1.50. The van der Waals surface area contributed by atoms with Crippen molar-refractivity contribution in [1.29, 1.82) is 0 Å². The fourth-order valence-corrected chi connectivity index (χ4v) is 4.36. The summed E-state index contributed by atoms with van der Waals surface area (Å²) in [7, 11) is 0. The van der Waals surface area contributed by atoms with Crippen molar-refractivity contribution in [1.82, 2.24) is 10.3 Å². The molecule has 2 aromatic carbocycles. The van der Waals surface area contributed by atoms with Crippen molar-refractivity contribution in [3.05, 3.63) is 75.8 Å². The normalized spacial score (nSPS) is 13.0. The first-order valence-corrected chi connectivity index (χ1v) is 12.1. The van der Waals surface area contributed by atoms with Crippen molar-refractivity contribution in [2.24, 2.45) is 0 Å². The zero-order valence-corrected chi connectivity index (χ0v) is 20.6. The number of carbonyl (C=O) groups excluding carboxylic acids is 1. The third-order valence-electron chi connectivity index (χ3n) is 6.38. The SMILES string of the molecule is CCCCc1cc(=O)oc2c(C)c(O[C@@H](C)C(=O)N[C@@H](Cc3c[nH]c4ccccc34)C(=O)O)ccc12. The number of carboxylic acid groups (broad SMARTS) is 1. The molecule has 8 heteroatoms. The molecule has 0 fully saturated rings. The summed E-state index contributed by atoms with van der Waals surface area (Å²) in [5.74, 6) is -1.30. The van der Waals surface area contributed by atoms with E-state index in [2.05, 4.69) is 17.2 Å². The van der Waals surface area contributed by atoms with E-state index in [-0.39, 0.29) is 6.42 Å². The highest BCUT2D eigenvalue weighted by Gasteiger charge is 2.26. The number of aromatic nitrogens is 1. The van der Waals surface area contributed by atoms with Crippen LogP contribution in [0.5, 0.6) is 5.75 Å². The number of nitrogens with one attached hydrogen (secondary N) is 2. The van der Waals surface area contributed by atoms with Gasteiger partial charge in [-0.2, -0.15) is 0 Å². The number of fused-ring (bicyclic) bond motifs is 2. The Hall–Kier alpha value is -4.07. The third kappa shape index (κ3) is 5.27. The van der Waals surface area contributed by atoms with Gasteiger partial charge >= 0.3 is 11.6 Å². The number of carboxylic acids is 1. The number of H-pyrrole nitrogens is 1. The second-order valence-electron chi connectivity index (χ2n) is 8.98. The Labute approximate surface area is 208 Å². The van der Waals surface area contributed by atoms with Crippen LogP contribution in [0, 0.1) is 6.92 Å². The van der Waals surface area contributed by atoms with Gasteiger partial charge in [0, 0.05) is 40.5 Å². The van der Waals surface area contributed by atoms with Crippen molar-refractivity contribution >= 4 is 33.7 Å². The van der Waals surface area contributed by atoms with Crippen LogP contribution >= 0.6 is 0 Å². The molecule has 188 valence electrons. The molecule has 8 nitrogen and oxygen atoms in total. The molecule has 4 aromatic rings. The molecule has 0 aliphatic rings. The van der Waals surface area contributed by atoms with Gasteiger partial charge in [-0.25, -0.2) is 9.59 Å². The number of carbonyl (C=O) groups is 2. The molecule has 2 atom stereocenters. The lowest BCUT2D eigenvalue weighted by molar-refractivity contribution is -0.142. The van der Waals surface area contributed by atoms with Crippen LogP contribution < -0.4 is 15.7 Å². The van der Waals surface area contributed by atoms with Crippen LogP contribution in [0.4, 0.5) is 0 Å². The van der Waals surface area contributed by atoms with Gasteiger partial charge in [0.1, 0.15) is 17.4 Å². The van der Waals surface area contributed by atoms with Crippen LogP contribution in [0.2, 0.25) is 0 Å². The Morgan fingerprint density at radius 1 is 1.14 bits per heavy atom. The molecule has 0 aliphatic carbocycles. The smallest absolute Gasteiger partial charge is 0.336 e. The van der Waals surface area contributed by atoms with Gasteiger partial charge in [-0.1, -0.05) is 31.5 Å². The van der Waals surface area contributed by atoms with Crippen LogP contribution in [0.1, 0.15) is 43.4 Å². The largest absolute Gasteiger partial charge is 0.480 e. The highest BCUT2D eigenvalue weighted by atomic mass is 16.5. The van der Waals surface area contributed by atoms with Crippen molar-refractivity contribution in [2.75, 3.05) is 0 Å². The van der Waals surface area contributed by atoms with Crippen LogP contribution in [0.25, 0.3) is 21.9 Å². The molecule has 3 N–H and O–H groups in total. The summed E-state index contributed by atoms with van der Waals surface area (Å²) in [5, 5.41) is 14.1. The molecule has 1 amide bonds. The molecule has 0 bridgehead atoms. The lowest BCUT2D eigenvalue weighted by atomic mass is 10.0. The number of aliphatic carboxylic acids is 1. The first kappa shape index (κ1) is 25.0. The summed E-state index contributed by atoms with van der Waals surface area (Å²) in [5.41, 5.74) is 3.23. The number of benzene rings is 2. The lowest BCUT2D eigenvalue weighted by Gasteiger charge is -2.20. The lowest BCUT2D eigenvalue weighted by Crippen LogP contribution is -2.47. The molecule has 0 spiro atoms. The van der Waals surface area contributed by atoms with Crippen LogP contribution in [0.15, 0.2) is 57.9 Å². The van der Waals surface area contributed by atoms with Crippen molar-refractivity contribution in [3.63, 3.8) is 0 Å². The van der Waals surface area contributed by atoms with E-state index < -0.39 is 29.6 Å². The fraction of sp³-hybridized carbons (Fsp3) is 0.321. The Morgan fingerprint density at radius 3 is 2.67 bits per heavy atom. The van der Waals surface area contributed by atoms with E-state index in [1.54, 1.807) is 26.1 Å². The molecule has 2 heterocycles. The maximum Gasteiger partial charge on any atom is 0.336 e. The summed E-state index contributed by atoms with van der Waals surface area (Å²) in [6.45, 7) is 5.41. The Kier molecular flexibility index (Phi) is 7.43. The number of amides is 1. The van der Waals surface area contributed by atoms with E-state index >= 15 is 0 Å². The minimum Gasteiger partial charge on any atom is -0.480 e. The number of aryl methyl sites for hydroxylation is 2. The number of unbranched alkanes of at least 4 members (excludes halogenated alkanes) is 1. The predicted molar refractivity (Wildman–Crippen MR) is 137 cm³/mol. The van der Waals surface area contributed by atoms with Crippen LogP contribution in [-0.2, 0) is 22.4 Å².